The van der Waals surface area contributed by atoms with Gasteiger partial charge in [0.2, 0.25) is 0 Å². The second-order valence-corrected chi connectivity index (χ2v) is 8.73. The Morgan fingerprint density at radius 3 is 2.15 bits per heavy atom. The van der Waals surface area contributed by atoms with Crippen LogP contribution in [0.15, 0.2) is 30.3 Å². The molecule has 0 atom stereocenters. The van der Waals surface area contributed by atoms with E-state index in [0.29, 0.717) is 0 Å². The van der Waals surface area contributed by atoms with Crippen LogP contribution in [-0.4, -0.2) is 0 Å². The molecule has 0 aliphatic heterocycles. The van der Waals surface area contributed by atoms with Gasteiger partial charge in [-0.05, 0) is 98.4 Å². The summed E-state index contributed by atoms with van der Waals surface area (Å²) in [6.07, 6.45) is 8.27. The molecule has 0 N–H and O–H groups in total. The largest absolute Gasteiger partial charge is 0.0625 e. The molecule has 1 fully saturated rings. The summed E-state index contributed by atoms with van der Waals surface area (Å²) in [5.74, 6) is 8.65. The molecule has 0 radical (unpaired) electrons. The van der Waals surface area contributed by atoms with Gasteiger partial charge in [-0.25, -0.2) is 0 Å². The summed E-state index contributed by atoms with van der Waals surface area (Å²) >= 11 is 0. The van der Waals surface area contributed by atoms with Gasteiger partial charge in [0.1, 0.15) is 0 Å². The molecule has 0 amide bonds. The van der Waals surface area contributed by atoms with Gasteiger partial charge in [-0.3, -0.25) is 0 Å². The van der Waals surface area contributed by atoms with Crippen molar-refractivity contribution in [2.45, 2.75) is 73.1 Å². The Labute approximate surface area is 166 Å². The second kappa shape index (κ2) is 8.79. The van der Waals surface area contributed by atoms with Gasteiger partial charge in [-0.2, -0.15) is 0 Å². The average Bonchev–Trinajstić information content (AvgIpc) is 2.68. The molecule has 3 rings (SSSR count). The number of aryl methyl sites for hydroxylation is 2. The van der Waals surface area contributed by atoms with Gasteiger partial charge >= 0.3 is 0 Å². The standard InChI is InChI=1S/C27H34/c1-19-6-8-24(9-7-19)10-11-25-12-14-26(15-13-25)16-17-27-18-20(2)21(3)22(4)23(27)5/h12-15,18-19,24H,6-11H2,1-5H3. The molecule has 2 aromatic rings. The van der Waals surface area contributed by atoms with E-state index in [-0.39, 0.29) is 0 Å². The predicted octanol–water partition coefficient (Wildman–Crippen LogP) is 7.08. The highest BCUT2D eigenvalue weighted by Gasteiger charge is 2.17. The van der Waals surface area contributed by atoms with Crippen molar-refractivity contribution in [3.05, 3.63) is 69.3 Å². The van der Waals surface area contributed by atoms with Crippen molar-refractivity contribution >= 4 is 0 Å². The lowest BCUT2D eigenvalue weighted by atomic mass is 9.80. The molecule has 0 unspecified atom stereocenters. The third-order valence-corrected chi connectivity index (χ3v) is 6.75. The van der Waals surface area contributed by atoms with E-state index in [1.165, 1.54) is 66.3 Å². The summed E-state index contributed by atoms with van der Waals surface area (Å²) in [5.41, 5.74) is 9.12. The fourth-order valence-corrected chi connectivity index (χ4v) is 4.22. The Hall–Kier alpha value is -2.00. The van der Waals surface area contributed by atoms with Crippen LogP contribution < -0.4 is 0 Å². The third-order valence-electron chi connectivity index (χ3n) is 6.75. The molecule has 0 spiro atoms. The summed E-state index contributed by atoms with van der Waals surface area (Å²) < 4.78 is 0. The summed E-state index contributed by atoms with van der Waals surface area (Å²) in [7, 11) is 0. The Balaban J connectivity index is 1.63. The summed E-state index contributed by atoms with van der Waals surface area (Å²) in [5, 5.41) is 0. The molecule has 0 saturated heterocycles. The zero-order valence-corrected chi connectivity index (χ0v) is 17.8. The maximum absolute atomic E-state index is 3.40. The fraction of sp³-hybridized carbons (Fsp3) is 0.481. The smallest absolute Gasteiger partial charge is 0.0283 e. The maximum atomic E-state index is 3.40. The lowest BCUT2D eigenvalue weighted by Gasteiger charge is -2.26. The van der Waals surface area contributed by atoms with Crippen LogP contribution in [-0.2, 0) is 6.42 Å². The van der Waals surface area contributed by atoms with E-state index in [2.05, 4.69) is 76.8 Å². The molecular weight excluding hydrogens is 324 g/mol. The number of hydrogen-bond acceptors (Lipinski definition) is 0. The Morgan fingerprint density at radius 1 is 0.815 bits per heavy atom. The maximum Gasteiger partial charge on any atom is 0.0283 e. The van der Waals surface area contributed by atoms with E-state index in [1.807, 2.05) is 0 Å². The molecule has 0 nitrogen and oxygen atoms in total. The molecule has 1 aliphatic rings. The molecule has 0 bridgehead atoms. The zero-order chi connectivity index (χ0) is 19.4. The molecule has 1 saturated carbocycles. The van der Waals surface area contributed by atoms with Gasteiger partial charge in [0.15, 0.2) is 0 Å². The number of benzene rings is 2. The van der Waals surface area contributed by atoms with E-state index < -0.39 is 0 Å². The topological polar surface area (TPSA) is 0 Å². The van der Waals surface area contributed by atoms with Crippen LogP contribution in [0.2, 0.25) is 0 Å². The highest BCUT2D eigenvalue weighted by atomic mass is 14.2. The monoisotopic (exact) mass is 358 g/mol. The van der Waals surface area contributed by atoms with Crippen molar-refractivity contribution < 1.29 is 0 Å². The summed E-state index contributed by atoms with van der Waals surface area (Å²) in [4.78, 5) is 0. The number of rotatable bonds is 3. The van der Waals surface area contributed by atoms with Crippen molar-refractivity contribution in [1.29, 1.82) is 0 Å². The lowest BCUT2D eigenvalue weighted by Crippen LogP contribution is -2.12. The SMILES string of the molecule is Cc1cc(C#Cc2ccc(CCC3CCC(C)CC3)cc2)c(C)c(C)c1C. The highest BCUT2D eigenvalue weighted by Crippen LogP contribution is 2.31. The van der Waals surface area contributed by atoms with Crippen molar-refractivity contribution in [2.75, 3.05) is 0 Å². The van der Waals surface area contributed by atoms with E-state index in [9.17, 15) is 0 Å². The molecule has 0 aromatic heterocycles. The molecule has 0 heterocycles. The molecule has 142 valence electrons. The van der Waals surface area contributed by atoms with Crippen LogP contribution in [0, 0.1) is 51.4 Å². The van der Waals surface area contributed by atoms with Gasteiger partial charge in [0.25, 0.3) is 0 Å². The van der Waals surface area contributed by atoms with Gasteiger partial charge < -0.3 is 0 Å². The quantitative estimate of drug-likeness (QED) is 0.514. The van der Waals surface area contributed by atoms with Crippen molar-refractivity contribution in [3.8, 4) is 11.8 Å². The molecule has 2 aromatic carbocycles. The normalized spacial score (nSPS) is 19.4. The van der Waals surface area contributed by atoms with Crippen molar-refractivity contribution in [1.82, 2.24) is 0 Å². The molecule has 1 aliphatic carbocycles. The minimum atomic E-state index is 0.941. The van der Waals surface area contributed by atoms with Crippen LogP contribution in [0.1, 0.15) is 78.0 Å². The van der Waals surface area contributed by atoms with Crippen molar-refractivity contribution in [3.63, 3.8) is 0 Å². The summed E-state index contributed by atoms with van der Waals surface area (Å²) in [6, 6.07) is 11.1. The molecular formula is C27H34. The van der Waals surface area contributed by atoms with Crippen molar-refractivity contribution in [2.24, 2.45) is 11.8 Å². The van der Waals surface area contributed by atoms with Gasteiger partial charge in [-0.1, -0.05) is 56.6 Å². The Bertz CT molecular complexity index is 834. The molecule has 0 heteroatoms. The van der Waals surface area contributed by atoms with Crippen LogP contribution in [0.3, 0.4) is 0 Å². The first kappa shape index (κ1) is 19.8. The van der Waals surface area contributed by atoms with Gasteiger partial charge in [0.05, 0.1) is 0 Å². The first-order chi connectivity index (χ1) is 12.9. The second-order valence-electron chi connectivity index (χ2n) is 8.73. The van der Waals surface area contributed by atoms with Gasteiger partial charge in [0, 0.05) is 11.1 Å². The Kier molecular flexibility index (Phi) is 6.43. The number of hydrogen-bond donors (Lipinski definition) is 0. The third kappa shape index (κ3) is 5.04. The van der Waals surface area contributed by atoms with Crippen LogP contribution in [0.5, 0.6) is 0 Å². The van der Waals surface area contributed by atoms with Gasteiger partial charge in [-0.15, -0.1) is 0 Å². The Morgan fingerprint density at radius 2 is 1.48 bits per heavy atom. The lowest BCUT2D eigenvalue weighted by molar-refractivity contribution is 0.278. The van der Waals surface area contributed by atoms with E-state index in [1.54, 1.807) is 0 Å². The predicted molar refractivity (Wildman–Crippen MR) is 117 cm³/mol. The van der Waals surface area contributed by atoms with E-state index in [0.717, 1.165) is 23.0 Å². The van der Waals surface area contributed by atoms with Crippen LogP contribution in [0.25, 0.3) is 0 Å². The van der Waals surface area contributed by atoms with Crippen LogP contribution >= 0.6 is 0 Å². The van der Waals surface area contributed by atoms with E-state index >= 15 is 0 Å². The molecule has 27 heavy (non-hydrogen) atoms. The minimum Gasteiger partial charge on any atom is -0.0625 e. The first-order valence-electron chi connectivity index (χ1n) is 10.6. The summed E-state index contributed by atoms with van der Waals surface area (Å²) in [6.45, 7) is 11.2. The highest BCUT2D eigenvalue weighted by molar-refractivity contribution is 5.53. The first-order valence-corrected chi connectivity index (χ1v) is 10.6. The van der Waals surface area contributed by atoms with E-state index in [4.69, 9.17) is 0 Å². The minimum absolute atomic E-state index is 0.941. The fourth-order valence-electron chi connectivity index (χ4n) is 4.22. The average molecular weight is 359 g/mol. The van der Waals surface area contributed by atoms with Crippen LogP contribution in [0.4, 0.5) is 0 Å². The zero-order valence-electron chi connectivity index (χ0n) is 17.8.